The molecule has 0 fully saturated rings. The van der Waals surface area contributed by atoms with Crippen LogP contribution in [0.25, 0.3) is 0 Å². The number of aryl methyl sites for hydroxylation is 1. The Morgan fingerprint density at radius 2 is 2.20 bits per heavy atom. The van der Waals surface area contributed by atoms with E-state index >= 15 is 0 Å². The lowest BCUT2D eigenvalue weighted by atomic mass is 10.2. The van der Waals surface area contributed by atoms with Crippen LogP contribution in [-0.2, 0) is 12.3 Å². The average Bonchev–Trinajstić information content (AvgIpc) is 2.90. The Morgan fingerprint density at radius 1 is 1.35 bits per heavy atom. The molecule has 0 atom stereocenters. The maximum Gasteiger partial charge on any atom is 0.141 e. The number of halogens is 3. The summed E-state index contributed by atoms with van der Waals surface area (Å²) < 4.78 is 19.2. The van der Waals surface area contributed by atoms with Gasteiger partial charge in [-0.15, -0.1) is 22.9 Å². The number of hydrogen-bond donors (Lipinski definition) is 0. The summed E-state index contributed by atoms with van der Waals surface area (Å²) in [6.45, 7) is 0.578. The van der Waals surface area contributed by atoms with E-state index in [9.17, 15) is 4.39 Å². The van der Waals surface area contributed by atoms with Crippen LogP contribution in [0, 0.1) is 5.82 Å². The molecule has 6 heteroatoms. The topological polar surface area (TPSA) is 22.1 Å². The van der Waals surface area contributed by atoms with Crippen LogP contribution in [0.15, 0.2) is 28.1 Å². The molecule has 0 bridgehead atoms. The van der Waals surface area contributed by atoms with Gasteiger partial charge < -0.3 is 4.74 Å². The zero-order valence-electron chi connectivity index (χ0n) is 10.7. The van der Waals surface area contributed by atoms with Crippen LogP contribution in [0.4, 0.5) is 4.39 Å². The van der Waals surface area contributed by atoms with Crippen molar-refractivity contribution in [2.24, 2.45) is 0 Å². The van der Waals surface area contributed by atoms with E-state index in [1.807, 2.05) is 5.38 Å². The summed E-state index contributed by atoms with van der Waals surface area (Å²) in [6.07, 6.45) is 2.83. The van der Waals surface area contributed by atoms with Gasteiger partial charge >= 0.3 is 0 Å². The summed E-state index contributed by atoms with van der Waals surface area (Å²) in [6, 6.07) is 4.78. The first-order chi connectivity index (χ1) is 9.69. The fourth-order valence-electron chi connectivity index (χ4n) is 1.66. The standard InChI is InChI=1S/C14H14BrClFNOS/c15-12-5-4-11(7-13(12)17)19-6-2-1-3-14-18-10(8-16)9-20-14/h4-5,7,9H,1-3,6,8H2. The molecule has 2 nitrogen and oxygen atoms in total. The second kappa shape index (κ2) is 7.96. The Labute approximate surface area is 135 Å². The van der Waals surface area contributed by atoms with Crippen molar-refractivity contribution < 1.29 is 9.13 Å². The normalized spacial score (nSPS) is 10.8. The zero-order valence-corrected chi connectivity index (χ0v) is 13.9. The largest absolute Gasteiger partial charge is 0.493 e. The molecule has 0 amide bonds. The first kappa shape index (κ1) is 15.7. The molecule has 0 radical (unpaired) electrons. The molecule has 20 heavy (non-hydrogen) atoms. The predicted molar refractivity (Wildman–Crippen MR) is 84.2 cm³/mol. The average molecular weight is 379 g/mol. The number of thiazole rings is 1. The third-order valence-corrected chi connectivity index (χ3v) is 4.56. The van der Waals surface area contributed by atoms with Crippen molar-refractivity contribution in [3.05, 3.63) is 44.6 Å². The fraction of sp³-hybridized carbons (Fsp3) is 0.357. The minimum Gasteiger partial charge on any atom is -0.493 e. The van der Waals surface area contributed by atoms with Crippen molar-refractivity contribution in [3.63, 3.8) is 0 Å². The van der Waals surface area contributed by atoms with Gasteiger partial charge in [0.2, 0.25) is 0 Å². The Morgan fingerprint density at radius 3 is 2.90 bits per heavy atom. The lowest BCUT2D eigenvalue weighted by Gasteiger charge is -2.06. The van der Waals surface area contributed by atoms with E-state index in [-0.39, 0.29) is 5.82 Å². The third-order valence-electron chi connectivity index (χ3n) is 2.68. The lowest BCUT2D eigenvalue weighted by Crippen LogP contribution is -1.98. The fourth-order valence-corrected chi connectivity index (χ4v) is 2.98. The molecule has 0 saturated heterocycles. The summed E-state index contributed by atoms with van der Waals surface area (Å²) in [5.41, 5.74) is 0.938. The summed E-state index contributed by atoms with van der Waals surface area (Å²) in [7, 11) is 0. The molecular weight excluding hydrogens is 365 g/mol. The van der Waals surface area contributed by atoms with E-state index in [0.717, 1.165) is 30.0 Å². The maximum atomic E-state index is 13.3. The number of unbranched alkanes of at least 4 members (excludes halogenated alkanes) is 1. The van der Waals surface area contributed by atoms with Crippen LogP contribution in [0.1, 0.15) is 23.5 Å². The zero-order chi connectivity index (χ0) is 14.4. The van der Waals surface area contributed by atoms with Gasteiger partial charge in [-0.3, -0.25) is 0 Å². The minimum absolute atomic E-state index is 0.307. The number of ether oxygens (including phenoxy) is 1. The van der Waals surface area contributed by atoms with Crippen molar-refractivity contribution >= 4 is 38.9 Å². The molecule has 0 aliphatic heterocycles. The highest BCUT2D eigenvalue weighted by Gasteiger charge is 2.03. The van der Waals surface area contributed by atoms with Crippen LogP contribution in [-0.4, -0.2) is 11.6 Å². The highest BCUT2D eigenvalue weighted by Crippen LogP contribution is 2.21. The van der Waals surface area contributed by atoms with E-state index < -0.39 is 0 Å². The third kappa shape index (κ3) is 4.72. The van der Waals surface area contributed by atoms with E-state index in [0.29, 0.717) is 22.7 Å². The van der Waals surface area contributed by atoms with Gasteiger partial charge in [0, 0.05) is 11.4 Å². The van der Waals surface area contributed by atoms with Gasteiger partial charge in [-0.2, -0.15) is 0 Å². The molecule has 1 heterocycles. The maximum absolute atomic E-state index is 13.3. The Kier molecular flexibility index (Phi) is 6.26. The molecule has 0 aliphatic rings. The van der Waals surface area contributed by atoms with Gasteiger partial charge in [0.15, 0.2) is 0 Å². The number of alkyl halides is 1. The van der Waals surface area contributed by atoms with Gasteiger partial charge in [0.1, 0.15) is 11.6 Å². The first-order valence-corrected chi connectivity index (χ1v) is 8.47. The molecule has 0 unspecified atom stereocenters. The quantitative estimate of drug-likeness (QED) is 0.489. The summed E-state index contributed by atoms with van der Waals surface area (Å²) >= 11 is 10.5. The monoisotopic (exact) mass is 377 g/mol. The van der Waals surface area contributed by atoms with Crippen molar-refractivity contribution in [1.29, 1.82) is 0 Å². The van der Waals surface area contributed by atoms with Crippen LogP contribution < -0.4 is 4.74 Å². The molecule has 0 saturated carbocycles. The van der Waals surface area contributed by atoms with Gasteiger partial charge in [-0.05, 0) is 47.3 Å². The molecule has 2 aromatic rings. The molecule has 1 aromatic carbocycles. The van der Waals surface area contributed by atoms with Crippen LogP contribution in [0.5, 0.6) is 5.75 Å². The van der Waals surface area contributed by atoms with E-state index in [2.05, 4.69) is 20.9 Å². The first-order valence-electron chi connectivity index (χ1n) is 6.26. The number of hydrogen-bond acceptors (Lipinski definition) is 3. The number of nitrogens with zero attached hydrogens (tertiary/aromatic N) is 1. The number of aromatic nitrogens is 1. The Hall–Kier alpha value is -0.650. The second-order valence-corrected chi connectivity index (χ2v) is 6.31. The van der Waals surface area contributed by atoms with Gasteiger partial charge in [-0.25, -0.2) is 9.37 Å². The second-order valence-electron chi connectivity index (χ2n) is 4.25. The molecule has 0 spiro atoms. The van der Waals surface area contributed by atoms with Gasteiger partial charge in [-0.1, -0.05) is 0 Å². The van der Waals surface area contributed by atoms with E-state index in [1.54, 1.807) is 23.5 Å². The van der Waals surface area contributed by atoms with Crippen molar-refractivity contribution in [2.45, 2.75) is 25.1 Å². The molecule has 0 aliphatic carbocycles. The molecule has 0 N–H and O–H groups in total. The van der Waals surface area contributed by atoms with Crippen LogP contribution >= 0.6 is 38.9 Å². The number of benzene rings is 1. The van der Waals surface area contributed by atoms with Crippen molar-refractivity contribution in [3.8, 4) is 5.75 Å². The Balaban J connectivity index is 1.67. The highest BCUT2D eigenvalue weighted by molar-refractivity contribution is 9.10. The molecule has 1 aromatic heterocycles. The van der Waals surface area contributed by atoms with Crippen molar-refractivity contribution in [2.75, 3.05) is 6.61 Å². The minimum atomic E-state index is -0.307. The lowest BCUT2D eigenvalue weighted by molar-refractivity contribution is 0.305. The summed E-state index contributed by atoms with van der Waals surface area (Å²) in [5.74, 6) is 0.720. The summed E-state index contributed by atoms with van der Waals surface area (Å²) in [5, 5.41) is 3.10. The van der Waals surface area contributed by atoms with Gasteiger partial charge in [0.25, 0.3) is 0 Å². The van der Waals surface area contributed by atoms with Crippen molar-refractivity contribution in [1.82, 2.24) is 4.98 Å². The van der Waals surface area contributed by atoms with Crippen LogP contribution in [0.2, 0.25) is 0 Å². The molecule has 108 valence electrons. The molecule has 2 rings (SSSR count). The SMILES string of the molecule is Fc1cc(OCCCCc2nc(CCl)cs2)ccc1Br. The molecular formula is C14H14BrClFNOS. The number of rotatable bonds is 7. The highest BCUT2D eigenvalue weighted by atomic mass is 79.9. The smallest absolute Gasteiger partial charge is 0.141 e. The Bertz CT molecular complexity index is 564. The van der Waals surface area contributed by atoms with Gasteiger partial charge in [0.05, 0.1) is 27.7 Å². The van der Waals surface area contributed by atoms with E-state index in [4.69, 9.17) is 16.3 Å². The summed E-state index contributed by atoms with van der Waals surface area (Å²) in [4.78, 5) is 4.40. The van der Waals surface area contributed by atoms with E-state index in [1.165, 1.54) is 6.07 Å². The predicted octanol–water partition coefficient (Wildman–Crippen LogP) is 5.19. The van der Waals surface area contributed by atoms with Crippen LogP contribution in [0.3, 0.4) is 0 Å².